The van der Waals surface area contributed by atoms with Crippen molar-refractivity contribution in [1.82, 2.24) is 14.7 Å². The number of nitrogens with one attached hydrogen (secondary N) is 1. The van der Waals surface area contributed by atoms with Crippen LogP contribution in [-0.2, 0) is 4.79 Å². The molecule has 2 aliphatic rings. The molecule has 2 heterocycles. The van der Waals surface area contributed by atoms with Gasteiger partial charge in [-0.15, -0.1) is 0 Å². The second kappa shape index (κ2) is 9.09. The van der Waals surface area contributed by atoms with E-state index in [0.29, 0.717) is 33.3 Å². The Bertz CT molecular complexity index is 626. The molecule has 1 atom stereocenters. The van der Waals surface area contributed by atoms with Crippen LogP contribution >= 0.6 is 34.8 Å². The van der Waals surface area contributed by atoms with E-state index in [1.165, 1.54) is 19.4 Å². The first-order chi connectivity index (χ1) is 12.4. The van der Waals surface area contributed by atoms with Crippen molar-refractivity contribution < 1.29 is 4.79 Å². The number of piperidine rings is 1. The Morgan fingerprint density at radius 1 is 1.12 bits per heavy atom. The van der Waals surface area contributed by atoms with Crippen LogP contribution in [0.1, 0.15) is 12.8 Å². The molecule has 1 aromatic rings. The number of likely N-dealkylation sites (tertiary alicyclic amines) is 1. The van der Waals surface area contributed by atoms with E-state index in [9.17, 15) is 4.79 Å². The van der Waals surface area contributed by atoms with Gasteiger partial charge in [0, 0.05) is 43.8 Å². The van der Waals surface area contributed by atoms with E-state index in [0.717, 1.165) is 32.7 Å². The average molecular weight is 420 g/mol. The number of amides is 1. The van der Waals surface area contributed by atoms with E-state index in [2.05, 4.69) is 27.1 Å². The smallest absolute Gasteiger partial charge is 0.238 e. The molecule has 3 rings (SSSR count). The van der Waals surface area contributed by atoms with Crippen LogP contribution in [0.15, 0.2) is 12.1 Å². The molecule has 1 aromatic carbocycles. The summed E-state index contributed by atoms with van der Waals surface area (Å²) in [7, 11) is 2.19. The van der Waals surface area contributed by atoms with Crippen LogP contribution in [0.4, 0.5) is 5.69 Å². The van der Waals surface area contributed by atoms with Crippen molar-refractivity contribution in [2.45, 2.75) is 18.9 Å². The molecule has 0 saturated carbocycles. The highest BCUT2D eigenvalue weighted by molar-refractivity contribution is 6.42. The van der Waals surface area contributed by atoms with Crippen LogP contribution < -0.4 is 5.32 Å². The van der Waals surface area contributed by atoms with Crippen LogP contribution in [0.25, 0.3) is 0 Å². The number of anilines is 1. The Balaban J connectivity index is 1.48. The number of carbonyl (C=O) groups excluding carboxylic acids is 1. The lowest BCUT2D eigenvalue weighted by Gasteiger charge is -2.42. The summed E-state index contributed by atoms with van der Waals surface area (Å²) in [4.78, 5) is 19.5. The van der Waals surface area contributed by atoms with Gasteiger partial charge in [0.25, 0.3) is 0 Å². The van der Waals surface area contributed by atoms with Crippen LogP contribution in [-0.4, -0.2) is 79.5 Å². The van der Waals surface area contributed by atoms with Gasteiger partial charge in [0.15, 0.2) is 0 Å². The zero-order chi connectivity index (χ0) is 18.7. The molecule has 0 bridgehead atoms. The minimum absolute atomic E-state index is 0.109. The van der Waals surface area contributed by atoms with Gasteiger partial charge in [-0.1, -0.05) is 34.8 Å². The van der Waals surface area contributed by atoms with Crippen LogP contribution in [0.2, 0.25) is 15.1 Å². The minimum atomic E-state index is -0.109. The molecular weight excluding hydrogens is 395 g/mol. The van der Waals surface area contributed by atoms with Gasteiger partial charge in [-0.05, 0) is 38.6 Å². The van der Waals surface area contributed by atoms with Crippen molar-refractivity contribution in [3.8, 4) is 0 Å². The maximum absolute atomic E-state index is 12.4. The normalized spacial score (nSPS) is 23.2. The summed E-state index contributed by atoms with van der Waals surface area (Å²) < 4.78 is 0. The molecule has 1 unspecified atom stereocenters. The molecule has 144 valence electrons. The zero-order valence-corrected chi connectivity index (χ0v) is 17.2. The second-order valence-electron chi connectivity index (χ2n) is 7.16. The fourth-order valence-corrected chi connectivity index (χ4v) is 4.68. The summed E-state index contributed by atoms with van der Waals surface area (Å²) in [5, 5.41) is 3.96. The van der Waals surface area contributed by atoms with Gasteiger partial charge in [-0.3, -0.25) is 14.6 Å². The molecule has 0 aromatic heterocycles. The van der Waals surface area contributed by atoms with Gasteiger partial charge < -0.3 is 10.2 Å². The number of nitrogens with zero attached hydrogens (tertiary/aromatic N) is 3. The molecule has 2 fully saturated rings. The molecule has 0 spiro atoms. The number of piperazine rings is 1. The van der Waals surface area contributed by atoms with Gasteiger partial charge in [-0.25, -0.2) is 0 Å². The van der Waals surface area contributed by atoms with Crippen molar-refractivity contribution in [2.75, 3.05) is 58.2 Å². The standard InChI is InChI=1S/C18H25Cl3N4O/c1-23-4-2-3-14(11-23)25-7-5-24(6-8-25)12-17(26)22-18-15(20)9-13(19)10-16(18)21/h9-10,14H,2-8,11-12H2,1H3,(H,22,26). The van der Waals surface area contributed by atoms with E-state index in [-0.39, 0.29) is 5.91 Å². The van der Waals surface area contributed by atoms with E-state index in [1.54, 1.807) is 12.1 Å². The van der Waals surface area contributed by atoms with E-state index >= 15 is 0 Å². The Labute approximate surface area is 170 Å². The third-order valence-corrected chi connectivity index (χ3v) is 5.98. The molecule has 2 saturated heterocycles. The summed E-state index contributed by atoms with van der Waals surface area (Å²) in [6.45, 7) is 6.50. The Kier molecular flexibility index (Phi) is 7.05. The maximum atomic E-state index is 12.4. The summed E-state index contributed by atoms with van der Waals surface area (Å²) in [6.07, 6.45) is 2.55. The highest BCUT2D eigenvalue weighted by atomic mass is 35.5. The topological polar surface area (TPSA) is 38.8 Å². The lowest BCUT2D eigenvalue weighted by Crippen LogP contribution is -2.55. The quantitative estimate of drug-likeness (QED) is 0.813. The van der Waals surface area contributed by atoms with Crippen molar-refractivity contribution in [3.05, 3.63) is 27.2 Å². The maximum Gasteiger partial charge on any atom is 0.238 e. The summed E-state index contributed by atoms with van der Waals surface area (Å²) in [6, 6.07) is 3.80. The van der Waals surface area contributed by atoms with Crippen LogP contribution in [0.5, 0.6) is 0 Å². The third kappa shape index (κ3) is 5.24. The Hall–Kier alpha value is -0.560. The number of benzene rings is 1. The number of hydrogen-bond acceptors (Lipinski definition) is 4. The van der Waals surface area contributed by atoms with Gasteiger partial charge in [0.2, 0.25) is 5.91 Å². The summed E-state index contributed by atoms with van der Waals surface area (Å²) in [5.74, 6) is -0.109. The molecule has 1 amide bonds. The predicted molar refractivity (Wildman–Crippen MR) is 109 cm³/mol. The Morgan fingerprint density at radius 2 is 1.77 bits per heavy atom. The molecule has 5 nitrogen and oxygen atoms in total. The van der Waals surface area contributed by atoms with Crippen molar-refractivity contribution >= 4 is 46.4 Å². The van der Waals surface area contributed by atoms with Gasteiger partial charge in [-0.2, -0.15) is 0 Å². The SMILES string of the molecule is CN1CCCC(N2CCN(CC(=O)Nc3c(Cl)cc(Cl)cc3Cl)CC2)C1. The second-order valence-corrected chi connectivity index (χ2v) is 8.41. The van der Waals surface area contributed by atoms with E-state index < -0.39 is 0 Å². The monoisotopic (exact) mass is 418 g/mol. The van der Waals surface area contributed by atoms with Gasteiger partial charge in [0.05, 0.1) is 22.3 Å². The number of rotatable bonds is 4. The fraction of sp³-hybridized carbons (Fsp3) is 0.611. The first kappa shape index (κ1) is 20.2. The van der Waals surface area contributed by atoms with E-state index in [4.69, 9.17) is 34.8 Å². The van der Waals surface area contributed by atoms with Gasteiger partial charge >= 0.3 is 0 Å². The molecule has 8 heteroatoms. The molecule has 1 N–H and O–H groups in total. The molecule has 0 radical (unpaired) electrons. The van der Waals surface area contributed by atoms with Crippen molar-refractivity contribution in [2.24, 2.45) is 0 Å². The summed E-state index contributed by atoms with van der Waals surface area (Å²) >= 11 is 18.2. The van der Waals surface area contributed by atoms with Crippen LogP contribution in [0, 0.1) is 0 Å². The van der Waals surface area contributed by atoms with Crippen molar-refractivity contribution in [3.63, 3.8) is 0 Å². The third-order valence-electron chi connectivity index (χ3n) is 5.16. The van der Waals surface area contributed by atoms with Crippen LogP contribution in [0.3, 0.4) is 0 Å². The predicted octanol–water partition coefficient (Wildman–Crippen LogP) is 3.30. The Morgan fingerprint density at radius 3 is 2.38 bits per heavy atom. The fourth-order valence-electron chi connectivity index (χ4n) is 3.77. The molecular formula is C18H25Cl3N4O. The molecule has 26 heavy (non-hydrogen) atoms. The lowest BCUT2D eigenvalue weighted by atomic mass is 10.0. The molecule has 0 aliphatic carbocycles. The number of halogens is 3. The first-order valence-electron chi connectivity index (χ1n) is 9.01. The number of likely N-dealkylation sites (N-methyl/N-ethyl adjacent to an activating group) is 1. The molecule has 2 aliphatic heterocycles. The first-order valence-corrected chi connectivity index (χ1v) is 10.1. The van der Waals surface area contributed by atoms with E-state index in [1.807, 2.05) is 0 Å². The highest BCUT2D eigenvalue weighted by Gasteiger charge is 2.27. The number of carbonyl (C=O) groups is 1. The highest BCUT2D eigenvalue weighted by Crippen LogP contribution is 2.33. The lowest BCUT2D eigenvalue weighted by molar-refractivity contribution is -0.117. The van der Waals surface area contributed by atoms with Gasteiger partial charge in [0.1, 0.15) is 0 Å². The minimum Gasteiger partial charge on any atom is -0.322 e. The number of hydrogen-bond donors (Lipinski definition) is 1. The zero-order valence-electron chi connectivity index (χ0n) is 15.0. The average Bonchev–Trinajstić information content (AvgIpc) is 2.59. The summed E-state index contributed by atoms with van der Waals surface area (Å²) in [5.41, 5.74) is 0.423. The van der Waals surface area contributed by atoms with Crippen molar-refractivity contribution in [1.29, 1.82) is 0 Å². The largest absolute Gasteiger partial charge is 0.322 e.